The number of hydrogen-bond acceptors (Lipinski definition) is 4. The lowest BCUT2D eigenvalue weighted by molar-refractivity contribution is 0.0951. The number of carbonyl (C=O) groups is 1. The molecule has 0 spiro atoms. The summed E-state index contributed by atoms with van der Waals surface area (Å²) in [6, 6.07) is 6.92. The van der Waals surface area contributed by atoms with Gasteiger partial charge in [0.1, 0.15) is 5.01 Å². The first-order valence-electron chi connectivity index (χ1n) is 7.31. The second-order valence-corrected chi connectivity index (χ2v) is 6.27. The van der Waals surface area contributed by atoms with Gasteiger partial charge in [0.2, 0.25) is 0 Å². The highest BCUT2D eigenvalue weighted by atomic mass is 35.5. The average molecular weight is 338 g/mol. The summed E-state index contributed by atoms with van der Waals surface area (Å²) in [7, 11) is 0. The van der Waals surface area contributed by atoms with Crippen LogP contribution in [0.25, 0.3) is 0 Å². The van der Waals surface area contributed by atoms with Crippen LogP contribution in [0.15, 0.2) is 29.6 Å². The normalized spacial score (nSPS) is 10.9. The predicted molar refractivity (Wildman–Crippen MR) is 91.4 cm³/mol. The highest BCUT2D eigenvalue weighted by Crippen LogP contribution is 2.13. The minimum Gasteiger partial charge on any atom is -0.346 e. The number of nitrogens with zero attached hydrogens (tertiary/aromatic N) is 2. The van der Waals surface area contributed by atoms with Gasteiger partial charge in [-0.2, -0.15) is 0 Å². The lowest BCUT2D eigenvalue weighted by atomic mass is 10.2. The van der Waals surface area contributed by atoms with Crippen LogP contribution in [-0.2, 0) is 13.1 Å². The third kappa shape index (κ3) is 4.80. The summed E-state index contributed by atoms with van der Waals surface area (Å²) in [6.45, 7) is 7.59. The Hall–Kier alpha value is -1.43. The number of aromatic nitrogens is 1. The highest BCUT2D eigenvalue weighted by Gasteiger charge is 2.09. The summed E-state index contributed by atoms with van der Waals surface area (Å²) in [5.74, 6) is -0.136. The van der Waals surface area contributed by atoms with Crippen LogP contribution in [0.2, 0.25) is 5.02 Å². The summed E-state index contributed by atoms with van der Waals surface area (Å²) < 4.78 is 0. The van der Waals surface area contributed by atoms with E-state index in [9.17, 15) is 4.79 Å². The van der Waals surface area contributed by atoms with Crippen molar-refractivity contribution in [2.45, 2.75) is 26.9 Å². The molecule has 2 rings (SSSR count). The second kappa shape index (κ2) is 8.27. The molecule has 1 N–H and O–H groups in total. The summed E-state index contributed by atoms with van der Waals surface area (Å²) in [6.07, 6.45) is 0. The molecular weight excluding hydrogens is 318 g/mol. The van der Waals surface area contributed by atoms with Crippen LogP contribution in [0.1, 0.15) is 34.9 Å². The summed E-state index contributed by atoms with van der Waals surface area (Å²) in [5.41, 5.74) is 1.62. The Morgan fingerprint density at radius 2 is 2.14 bits per heavy atom. The fraction of sp³-hybridized carbons (Fsp3) is 0.375. The van der Waals surface area contributed by atoms with E-state index in [1.54, 1.807) is 35.6 Å². The first-order valence-corrected chi connectivity index (χ1v) is 8.57. The Morgan fingerprint density at radius 1 is 1.36 bits per heavy atom. The molecule has 0 saturated carbocycles. The van der Waals surface area contributed by atoms with Gasteiger partial charge in [0.15, 0.2) is 0 Å². The third-order valence-electron chi connectivity index (χ3n) is 3.37. The minimum atomic E-state index is -0.136. The largest absolute Gasteiger partial charge is 0.346 e. The van der Waals surface area contributed by atoms with Crippen molar-refractivity contribution < 1.29 is 4.79 Å². The number of hydrogen-bond donors (Lipinski definition) is 1. The molecule has 1 aromatic heterocycles. The van der Waals surface area contributed by atoms with Crippen LogP contribution in [0.4, 0.5) is 0 Å². The topological polar surface area (TPSA) is 45.2 Å². The summed E-state index contributed by atoms with van der Waals surface area (Å²) in [5, 5.41) is 6.40. The molecule has 2 aromatic rings. The van der Waals surface area contributed by atoms with Gasteiger partial charge < -0.3 is 5.32 Å². The number of nitrogens with one attached hydrogen (secondary N) is 1. The molecule has 22 heavy (non-hydrogen) atoms. The first-order chi connectivity index (χ1) is 10.6. The van der Waals surface area contributed by atoms with Gasteiger partial charge in [-0.15, -0.1) is 11.3 Å². The van der Waals surface area contributed by atoms with Crippen LogP contribution in [0, 0.1) is 0 Å². The molecule has 0 saturated heterocycles. The molecule has 0 radical (unpaired) electrons. The number of benzene rings is 1. The molecule has 6 heteroatoms. The number of carbonyl (C=O) groups excluding carboxylic acids is 1. The SMILES string of the molecule is CCN(CC)Cc1csc(CNC(=O)c2cccc(Cl)c2)n1. The minimum absolute atomic E-state index is 0.136. The van der Waals surface area contributed by atoms with Gasteiger partial charge in [-0.25, -0.2) is 4.98 Å². The standard InChI is InChI=1S/C16H20ClN3OS/c1-3-20(4-2)10-14-11-22-15(19-14)9-18-16(21)12-6-5-7-13(17)8-12/h5-8,11H,3-4,9-10H2,1-2H3,(H,18,21). The summed E-state index contributed by atoms with van der Waals surface area (Å²) >= 11 is 7.46. The van der Waals surface area contributed by atoms with Crippen LogP contribution < -0.4 is 5.32 Å². The van der Waals surface area contributed by atoms with Gasteiger partial charge in [0.25, 0.3) is 5.91 Å². The monoisotopic (exact) mass is 337 g/mol. The van der Waals surface area contributed by atoms with E-state index in [-0.39, 0.29) is 5.91 Å². The van der Waals surface area contributed by atoms with Crippen molar-refractivity contribution in [2.24, 2.45) is 0 Å². The van der Waals surface area contributed by atoms with E-state index < -0.39 is 0 Å². The van der Waals surface area contributed by atoms with Crippen LogP contribution in [0.3, 0.4) is 0 Å². The van der Waals surface area contributed by atoms with Crippen molar-refractivity contribution in [3.05, 3.63) is 50.9 Å². The molecular formula is C16H20ClN3OS. The van der Waals surface area contributed by atoms with Crippen molar-refractivity contribution in [2.75, 3.05) is 13.1 Å². The lowest BCUT2D eigenvalue weighted by Gasteiger charge is -2.15. The Bertz CT molecular complexity index is 625. The van der Waals surface area contributed by atoms with Crippen molar-refractivity contribution >= 4 is 28.8 Å². The summed E-state index contributed by atoms with van der Waals surface area (Å²) in [4.78, 5) is 18.9. The molecule has 0 unspecified atom stereocenters. The molecule has 1 heterocycles. The van der Waals surface area contributed by atoms with E-state index in [0.717, 1.165) is 30.3 Å². The quantitative estimate of drug-likeness (QED) is 0.840. The zero-order valence-corrected chi connectivity index (χ0v) is 14.4. The van der Waals surface area contributed by atoms with E-state index in [1.165, 1.54) is 0 Å². The predicted octanol–water partition coefficient (Wildman–Crippen LogP) is 3.57. The van der Waals surface area contributed by atoms with E-state index in [1.807, 2.05) is 0 Å². The zero-order chi connectivity index (χ0) is 15.9. The van der Waals surface area contributed by atoms with Crippen molar-refractivity contribution in [3.63, 3.8) is 0 Å². The highest BCUT2D eigenvalue weighted by molar-refractivity contribution is 7.09. The van der Waals surface area contributed by atoms with Crippen LogP contribution in [0.5, 0.6) is 0 Å². The third-order valence-corrected chi connectivity index (χ3v) is 4.50. The fourth-order valence-electron chi connectivity index (χ4n) is 2.07. The molecule has 0 fully saturated rings. The van der Waals surface area contributed by atoms with Gasteiger partial charge in [-0.1, -0.05) is 31.5 Å². The molecule has 0 atom stereocenters. The Labute approximate surface area is 140 Å². The van der Waals surface area contributed by atoms with Gasteiger partial charge in [-0.05, 0) is 31.3 Å². The zero-order valence-electron chi connectivity index (χ0n) is 12.8. The number of halogens is 1. The Morgan fingerprint density at radius 3 is 2.82 bits per heavy atom. The molecule has 118 valence electrons. The average Bonchev–Trinajstić information content (AvgIpc) is 2.97. The number of rotatable bonds is 7. The van der Waals surface area contributed by atoms with E-state index in [2.05, 4.69) is 34.4 Å². The van der Waals surface area contributed by atoms with E-state index >= 15 is 0 Å². The Kier molecular flexibility index (Phi) is 6.36. The maximum Gasteiger partial charge on any atom is 0.251 e. The molecule has 1 aromatic carbocycles. The maximum atomic E-state index is 12.0. The van der Waals surface area contributed by atoms with Gasteiger partial charge in [-0.3, -0.25) is 9.69 Å². The second-order valence-electron chi connectivity index (χ2n) is 4.89. The smallest absolute Gasteiger partial charge is 0.251 e. The van der Waals surface area contributed by atoms with Crippen molar-refractivity contribution in [1.82, 2.24) is 15.2 Å². The van der Waals surface area contributed by atoms with Gasteiger partial charge in [0.05, 0.1) is 12.2 Å². The van der Waals surface area contributed by atoms with E-state index in [0.29, 0.717) is 17.1 Å². The van der Waals surface area contributed by atoms with Gasteiger partial charge >= 0.3 is 0 Å². The number of amides is 1. The molecule has 0 aliphatic rings. The molecule has 1 amide bonds. The van der Waals surface area contributed by atoms with E-state index in [4.69, 9.17) is 11.6 Å². The Balaban J connectivity index is 1.89. The lowest BCUT2D eigenvalue weighted by Crippen LogP contribution is -2.23. The van der Waals surface area contributed by atoms with Gasteiger partial charge in [0, 0.05) is 22.5 Å². The fourth-order valence-corrected chi connectivity index (χ4v) is 2.98. The maximum absolute atomic E-state index is 12.0. The number of thiazole rings is 1. The van der Waals surface area contributed by atoms with Crippen LogP contribution >= 0.6 is 22.9 Å². The van der Waals surface area contributed by atoms with Crippen molar-refractivity contribution in [3.8, 4) is 0 Å². The molecule has 4 nitrogen and oxygen atoms in total. The molecule has 0 bridgehead atoms. The molecule has 0 aliphatic carbocycles. The van der Waals surface area contributed by atoms with Crippen LogP contribution in [-0.4, -0.2) is 28.9 Å². The first kappa shape index (κ1) is 16.9. The van der Waals surface area contributed by atoms with Crippen molar-refractivity contribution in [1.29, 1.82) is 0 Å². The molecule has 0 aliphatic heterocycles.